The smallest absolute Gasteiger partial charge is 0.267 e. The third kappa shape index (κ3) is 3.74. The van der Waals surface area contributed by atoms with E-state index in [4.69, 9.17) is 0 Å². The van der Waals surface area contributed by atoms with Gasteiger partial charge in [0.25, 0.3) is 5.91 Å². The van der Waals surface area contributed by atoms with Crippen molar-refractivity contribution in [1.29, 1.82) is 0 Å². The van der Waals surface area contributed by atoms with Gasteiger partial charge >= 0.3 is 6.18 Å². The summed E-state index contributed by atoms with van der Waals surface area (Å²) in [6.07, 6.45) is -1.76. The van der Waals surface area contributed by atoms with Crippen LogP contribution in [0.5, 0.6) is 0 Å². The molecule has 0 aromatic carbocycles. The molecule has 0 aliphatic rings. The van der Waals surface area contributed by atoms with Crippen LogP contribution in [0.2, 0.25) is 0 Å². The molecular formula is C17H12F3N7OS. The maximum Gasteiger partial charge on any atom is 0.433 e. The second-order valence-electron chi connectivity index (χ2n) is 5.88. The third-order valence-corrected chi connectivity index (χ3v) is 4.84. The molecule has 4 aromatic rings. The Labute approximate surface area is 165 Å². The summed E-state index contributed by atoms with van der Waals surface area (Å²) < 4.78 is 42.7. The number of aromatic nitrogens is 5. The first-order valence-electron chi connectivity index (χ1n) is 8.16. The van der Waals surface area contributed by atoms with Gasteiger partial charge in [-0.25, -0.2) is 14.9 Å². The van der Waals surface area contributed by atoms with Gasteiger partial charge in [0.15, 0.2) is 17.0 Å². The second kappa shape index (κ2) is 7.13. The van der Waals surface area contributed by atoms with Gasteiger partial charge in [-0.3, -0.25) is 9.48 Å². The maximum atomic E-state index is 13.5. The Hall–Kier alpha value is -3.54. The number of amides is 1. The molecule has 1 amide bonds. The van der Waals surface area contributed by atoms with E-state index >= 15 is 0 Å². The number of hydrazone groups is 1. The average molecular weight is 419 g/mol. The van der Waals surface area contributed by atoms with Crippen LogP contribution in [0.3, 0.4) is 0 Å². The van der Waals surface area contributed by atoms with Crippen LogP contribution >= 0.6 is 11.3 Å². The van der Waals surface area contributed by atoms with Crippen molar-refractivity contribution >= 4 is 29.1 Å². The fourth-order valence-corrected chi connectivity index (χ4v) is 3.25. The van der Waals surface area contributed by atoms with Gasteiger partial charge in [0, 0.05) is 19.3 Å². The lowest BCUT2D eigenvalue weighted by molar-refractivity contribution is -0.142. The maximum absolute atomic E-state index is 13.5. The number of nitrogens with one attached hydrogen (secondary N) is 1. The number of rotatable bonds is 4. The molecule has 0 aliphatic heterocycles. The summed E-state index contributed by atoms with van der Waals surface area (Å²) in [7, 11) is 1.70. The molecule has 148 valence electrons. The largest absolute Gasteiger partial charge is 0.433 e. The van der Waals surface area contributed by atoms with Crippen molar-refractivity contribution in [2.45, 2.75) is 6.18 Å². The molecule has 0 spiro atoms. The quantitative estimate of drug-likeness (QED) is 0.407. The molecule has 8 nitrogen and oxygen atoms in total. The van der Waals surface area contributed by atoms with Crippen LogP contribution in [0.25, 0.3) is 16.2 Å². The number of fused-ring (bicyclic) bond motifs is 1. The number of carbonyl (C=O) groups excluding carboxylic acids is 1. The summed E-state index contributed by atoms with van der Waals surface area (Å²) in [6, 6.07) is 7.15. The number of aryl methyl sites for hydroxylation is 1. The first kappa shape index (κ1) is 18.8. The lowest BCUT2D eigenvalue weighted by Gasteiger charge is -2.10. The number of hydrogen-bond donors (Lipinski definition) is 1. The van der Waals surface area contributed by atoms with Crippen molar-refractivity contribution in [1.82, 2.24) is 29.8 Å². The van der Waals surface area contributed by atoms with Crippen LogP contribution in [-0.4, -0.2) is 36.5 Å². The molecule has 4 aromatic heterocycles. The predicted molar refractivity (Wildman–Crippen MR) is 99.6 cm³/mol. The fraction of sp³-hybridized carbons (Fsp3) is 0.118. The van der Waals surface area contributed by atoms with Gasteiger partial charge in [0.2, 0.25) is 0 Å². The number of nitrogens with zero attached hydrogens (tertiary/aromatic N) is 6. The molecule has 12 heteroatoms. The molecule has 4 rings (SSSR count). The molecule has 0 saturated heterocycles. The zero-order chi connectivity index (χ0) is 20.6. The van der Waals surface area contributed by atoms with Gasteiger partial charge in [-0.15, -0.1) is 11.3 Å². The van der Waals surface area contributed by atoms with E-state index < -0.39 is 17.8 Å². The predicted octanol–water partition coefficient (Wildman–Crippen LogP) is 2.97. The lowest BCUT2D eigenvalue weighted by Crippen LogP contribution is -2.19. The van der Waals surface area contributed by atoms with E-state index in [1.807, 2.05) is 0 Å². The van der Waals surface area contributed by atoms with Crippen LogP contribution < -0.4 is 5.43 Å². The van der Waals surface area contributed by atoms with Crippen LogP contribution in [0.15, 0.2) is 47.0 Å². The zero-order valence-corrected chi connectivity index (χ0v) is 15.6. The summed E-state index contributed by atoms with van der Waals surface area (Å²) in [4.78, 5) is 17.1. The van der Waals surface area contributed by atoms with Crippen LogP contribution in [0.1, 0.15) is 21.9 Å². The molecular weight excluding hydrogens is 407 g/mol. The summed E-state index contributed by atoms with van der Waals surface area (Å²) in [5.41, 5.74) is 1.65. The minimum atomic E-state index is -4.68. The third-order valence-electron chi connectivity index (χ3n) is 3.95. The highest BCUT2D eigenvalue weighted by atomic mass is 32.1. The Balaban J connectivity index is 1.68. The fourth-order valence-electron chi connectivity index (χ4n) is 2.56. The second-order valence-corrected chi connectivity index (χ2v) is 6.83. The summed E-state index contributed by atoms with van der Waals surface area (Å²) in [6.45, 7) is 0. The molecule has 0 unspecified atom stereocenters. The van der Waals surface area contributed by atoms with E-state index in [0.29, 0.717) is 15.1 Å². The van der Waals surface area contributed by atoms with Gasteiger partial charge in [-0.05, 0) is 23.6 Å². The van der Waals surface area contributed by atoms with E-state index in [9.17, 15) is 18.0 Å². The molecule has 0 bridgehead atoms. The molecule has 0 saturated carbocycles. The molecule has 0 atom stereocenters. The molecule has 0 aliphatic carbocycles. The van der Waals surface area contributed by atoms with E-state index in [1.54, 1.807) is 36.8 Å². The Morgan fingerprint density at radius 2 is 2.14 bits per heavy atom. The lowest BCUT2D eigenvalue weighted by atomic mass is 10.2. The minimum absolute atomic E-state index is 0.0935. The van der Waals surface area contributed by atoms with Crippen LogP contribution in [0.4, 0.5) is 13.2 Å². The summed E-state index contributed by atoms with van der Waals surface area (Å²) in [5.74, 6) is -0.764. The molecule has 4 heterocycles. The Bertz CT molecular complexity index is 1210. The summed E-state index contributed by atoms with van der Waals surface area (Å²) >= 11 is 1.26. The van der Waals surface area contributed by atoms with E-state index in [2.05, 4.69) is 25.7 Å². The van der Waals surface area contributed by atoms with Gasteiger partial charge in [0.1, 0.15) is 0 Å². The number of carbonyl (C=O) groups is 1. The van der Waals surface area contributed by atoms with Gasteiger partial charge in [-0.2, -0.15) is 28.5 Å². The Morgan fingerprint density at radius 1 is 1.31 bits per heavy atom. The van der Waals surface area contributed by atoms with Crippen molar-refractivity contribution < 1.29 is 18.0 Å². The average Bonchev–Trinajstić information content (AvgIpc) is 3.40. The Kier molecular flexibility index (Phi) is 4.62. The van der Waals surface area contributed by atoms with Crippen LogP contribution in [0, 0.1) is 0 Å². The van der Waals surface area contributed by atoms with Crippen molar-refractivity contribution in [3.8, 4) is 10.6 Å². The monoisotopic (exact) mass is 419 g/mol. The van der Waals surface area contributed by atoms with Crippen LogP contribution in [-0.2, 0) is 13.2 Å². The first-order chi connectivity index (χ1) is 13.8. The molecule has 29 heavy (non-hydrogen) atoms. The van der Waals surface area contributed by atoms with Crippen molar-refractivity contribution in [2.75, 3.05) is 0 Å². The van der Waals surface area contributed by atoms with Gasteiger partial charge in [0.05, 0.1) is 22.5 Å². The highest BCUT2D eigenvalue weighted by Crippen LogP contribution is 2.33. The highest BCUT2D eigenvalue weighted by molar-refractivity contribution is 7.13. The Morgan fingerprint density at radius 3 is 2.79 bits per heavy atom. The molecule has 0 fully saturated rings. The van der Waals surface area contributed by atoms with Gasteiger partial charge < -0.3 is 0 Å². The molecule has 0 radical (unpaired) electrons. The minimum Gasteiger partial charge on any atom is -0.267 e. The van der Waals surface area contributed by atoms with E-state index in [-0.39, 0.29) is 17.0 Å². The topological polar surface area (TPSA) is 89.5 Å². The summed E-state index contributed by atoms with van der Waals surface area (Å²) in [5, 5.41) is 13.2. The number of thiophene rings is 1. The SMILES string of the molecule is Cn1nccc1/C=N/NC(=O)c1cc2nc(-c3cccs3)cc(C(F)(F)F)n2n1. The number of alkyl halides is 3. The van der Waals surface area contributed by atoms with E-state index in [0.717, 1.165) is 6.07 Å². The van der Waals surface area contributed by atoms with Crippen molar-refractivity contribution in [2.24, 2.45) is 12.1 Å². The van der Waals surface area contributed by atoms with Crippen molar-refractivity contribution in [3.63, 3.8) is 0 Å². The van der Waals surface area contributed by atoms with Crippen molar-refractivity contribution in [3.05, 3.63) is 59.0 Å². The zero-order valence-electron chi connectivity index (χ0n) is 14.8. The number of halogens is 3. The van der Waals surface area contributed by atoms with E-state index in [1.165, 1.54) is 28.3 Å². The molecule has 1 N–H and O–H groups in total. The number of hydrogen-bond acceptors (Lipinski definition) is 6. The first-order valence-corrected chi connectivity index (χ1v) is 9.04. The standard InChI is InChI=1S/C17H12F3N7OS/c1-26-10(4-5-22-26)9-21-24-16(28)12-8-15-23-11(13-3-2-6-29-13)7-14(17(18,19)20)27(15)25-12/h2-9H,1H3,(H,24,28)/b21-9+. The van der Waals surface area contributed by atoms with Gasteiger partial charge in [-0.1, -0.05) is 6.07 Å². The highest BCUT2D eigenvalue weighted by Gasteiger charge is 2.35. The normalized spacial score (nSPS) is 12.1.